The zero-order chi connectivity index (χ0) is 23.5. The van der Waals surface area contributed by atoms with E-state index in [2.05, 4.69) is 84.3 Å². The molecule has 0 aliphatic carbocycles. The molecule has 0 N–H and O–H groups in total. The minimum absolute atomic E-state index is 0.203. The van der Waals surface area contributed by atoms with Crippen molar-refractivity contribution in [3.8, 4) is 11.5 Å². The fraction of sp³-hybridized carbons (Fsp3) is 0.438. The minimum Gasteiger partial charge on any atom is -0.457 e. The molecule has 0 aromatic heterocycles. The van der Waals surface area contributed by atoms with E-state index in [0.29, 0.717) is 18.1 Å². The van der Waals surface area contributed by atoms with Crippen molar-refractivity contribution < 1.29 is 4.74 Å². The van der Waals surface area contributed by atoms with Crippen molar-refractivity contribution >= 4 is 11.4 Å². The van der Waals surface area contributed by atoms with Crippen molar-refractivity contribution in [2.45, 2.75) is 82.8 Å². The van der Waals surface area contributed by atoms with Gasteiger partial charge >= 0.3 is 0 Å². The smallest absolute Gasteiger partial charge is 0.133 e. The Morgan fingerprint density at radius 3 is 2.11 bits per heavy atom. The molecule has 2 unspecified atom stereocenters. The lowest BCUT2D eigenvalue weighted by molar-refractivity contribution is 0.452. The minimum atomic E-state index is 0.203. The lowest BCUT2D eigenvalue weighted by Gasteiger charge is -2.33. The van der Waals surface area contributed by atoms with Crippen LogP contribution in [0.1, 0.15) is 80.0 Å². The number of nitrogens with zero attached hydrogens (tertiary/aromatic N) is 2. The Morgan fingerprint density at radius 1 is 0.771 bits per heavy atom. The van der Waals surface area contributed by atoms with Crippen LogP contribution in [0.15, 0.2) is 60.7 Å². The van der Waals surface area contributed by atoms with E-state index in [1.54, 1.807) is 0 Å². The molecule has 4 aliphatic heterocycles. The van der Waals surface area contributed by atoms with Crippen LogP contribution in [0.25, 0.3) is 0 Å². The van der Waals surface area contributed by atoms with Gasteiger partial charge in [0.25, 0.3) is 0 Å². The van der Waals surface area contributed by atoms with Crippen LogP contribution in [-0.2, 0) is 0 Å². The fourth-order valence-electron chi connectivity index (χ4n) is 7.51. The Bertz CT molecular complexity index is 1250. The first kappa shape index (κ1) is 21.4. The van der Waals surface area contributed by atoms with Gasteiger partial charge in [0, 0.05) is 65.2 Å². The van der Waals surface area contributed by atoms with Crippen LogP contribution in [0, 0.1) is 6.92 Å². The molecule has 7 rings (SSSR count). The number of ether oxygens (including phenoxy) is 1. The Labute approximate surface area is 209 Å². The van der Waals surface area contributed by atoms with E-state index in [1.807, 2.05) is 0 Å². The lowest BCUT2D eigenvalue weighted by Crippen LogP contribution is -2.28. The summed E-state index contributed by atoms with van der Waals surface area (Å²) in [5.74, 6) is 2.28. The molecule has 3 saturated heterocycles. The van der Waals surface area contributed by atoms with Gasteiger partial charge in [-0.3, -0.25) is 0 Å². The highest BCUT2D eigenvalue weighted by atomic mass is 16.5. The number of anilines is 2. The summed E-state index contributed by atoms with van der Waals surface area (Å²) in [4.78, 5) is 5.29. The van der Waals surface area contributed by atoms with Crippen molar-refractivity contribution in [1.82, 2.24) is 0 Å². The van der Waals surface area contributed by atoms with E-state index in [9.17, 15) is 0 Å². The maximum absolute atomic E-state index is 6.78. The van der Waals surface area contributed by atoms with Gasteiger partial charge in [0.15, 0.2) is 0 Å². The summed E-state index contributed by atoms with van der Waals surface area (Å²) in [7, 11) is 0. The second-order valence-electron chi connectivity index (χ2n) is 11.1. The molecule has 3 aromatic rings. The molecule has 0 spiro atoms. The van der Waals surface area contributed by atoms with Gasteiger partial charge in [0.05, 0.1) is 0 Å². The normalized spacial score (nSPS) is 26.6. The third kappa shape index (κ3) is 3.38. The van der Waals surface area contributed by atoms with Gasteiger partial charge in [-0.05, 0) is 75.1 Å². The van der Waals surface area contributed by atoms with Crippen LogP contribution in [0.2, 0.25) is 0 Å². The van der Waals surface area contributed by atoms with Crippen molar-refractivity contribution in [3.05, 3.63) is 82.9 Å². The summed E-state index contributed by atoms with van der Waals surface area (Å²) in [6.45, 7) is 5.71. The zero-order valence-corrected chi connectivity index (χ0v) is 21.0. The molecular formula is C32H36N2O. The van der Waals surface area contributed by atoms with E-state index < -0.39 is 0 Å². The fourth-order valence-corrected chi connectivity index (χ4v) is 7.51. The monoisotopic (exact) mass is 464 g/mol. The zero-order valence-electron chi connectivity index (χ0n) is 21.0. The highest BCUT2D eigenvalue weighted by molar-refractivity contribution is 5.67. The summed E-state index contributed by atoms with van der Waals surface area (Å²) in [6, 6.07) is 25.0. The summed E-state index contributed by atoms with van der Waals surface area (Å²) in [6.07, 6.45) is 9.15. The van der Waals surface area contributed by atoms with E-state index in [0.717, 1.165) is 18.0 Å². The maximum Gasteiger partial charge on any atom is 0.133 e. The van der Waals surface area contributed by atoms with Gasteiger partial charge in [-0.2, -0.15) is 0 Å². The van der Waals surface area contributed by atoms with Crippen molar-refractivity contribution in [3.63, 3.8) is 0 Å². The van der Waals surface area contributed by atoms with Crippen LogP contribution < -0.4 is 14.5 Å². The second-order valence-corrected chi connectivity index (χ2v) is 11.1. The first-order valence-electron chi connectivity index (χ1n) is 13.8. The first-order chi connectivity index (χ1) is 17.2. The molecule has 0 amide bonds. The third-order valence-electron chi connectivity index (χ3n) is 9.27. The first-order valence-corrected chi connectivity index (χ1v) is 13.8. The van der Waals surface area contributed by atoms with Crippen LogP contribution in [0.5, 0.6) is 11.5 Å². The molecule has 3 fully saturated rings. The Morgan fingerprint density at radius 2 is 1.43 bits per heavy atom. The highest BCUT2D eigenvalue weighted by Gasteiger charge is 2.40. The molecule has 3 nitrogen and oxygen atoms in total. The Hall–Kier alpha value is -2.94. The number of hydrogen-bond donors (Lipinski definition) is 0. The molecule has 3 aromatic carbocycles. The molecule has 4 aliphatic rings. The van der Waals surface area contributed by atoms with Gasteiger partial charge in [-0.1, -0.05) is 43.3 Å². The van der Waals surface area contributed by atoms with E-state index in [1.165, 1.54) is 78.6 Å². The summed E-state index contributed by atoms with van der Waals surface area (Å²) in [5.41, 5.74) is 7.97. The lowest BCUT2D eigenvalue weighted by atomic mass is 9.80. The number of aryl methyl sites for hydroxylation is 1. The van der Waals surface area contributed by atoms with E-state index >= 15 is 0 Å². The quantitative estimate of drug-likeness (QED) is 0.306. The molecule has 3 heteroatoms. The standard InChI is InChI=1S/C32H36N2O/c1-3-22-8-6-18-33(22)25-14-16-28-30(19-25)35-31-20-26(34-23-10-11-24(34)13-12-23)15-17-29(31)32(28)27-9-5-4-7-21(27)2/h4-5,7,9,14-17,19-20,22-24,32H,3,6,8,10-13,18H2,1-2H3. The van der Waals surface area contributed by atoms with Gasteiger partial charge in [-0.15, -0.1) is 0 Å². The summed E-state index contributed by atoms with van der Waals surface area (Å²) < 4.78 is 6.78. The molecule has 180 valence electrons. The number of rotatable bonds is 4. The average molecular weight is 465 g/mol. The topological polar surface area (TPSA) is 15.7 Å². The Balaban J connectivity index is 1.34. The number of hydrogen-bond acceptors (Lipinski definition) is 3. The van der Waals surface area contributed by atoms with Crippen LogP contribution in [-0.4, -0.2) is 24.7 Å². The van der Waals surface area contributed by atoms with Gasteiger partial charge in [0.1, 0.15) is 11.5 Å². The van der Waals surface area contributed by atoms with Gasteiger partial charge in [-0.25, -0.2) is 0 Å². The average Bonchev–Trinajstić information content (AvgIpc) is 3.63. The highest BCUT2D eigenvalue weighted by Crippen LogP contribution is 2.51. The third-order valence-corrected chi connectivity index (χ3v) is 9.27. The van der Waals surface area contributed by atoms with Crippen LogP contribution in [0.3, 0.4) is 0 Å². The van der Waals surface area contributed by atoms with Crippen LogP contribution >= 0.6 is 0 Å². The Kier molecular flexibility index (Phi) is 5.08. The van der Waals surface area contributed by atoms with Gasteiger partial charge < -0.3 is 14.5 Å². The predicted molar refractivity (Wildman–Crippen MR) is 144 cm³/mol. The molecule has 0 saturated carbocycles. The molecule has 35 heavy (non-hydrogen) atoms. The molecule has 4 heterocycles. The van der Waals surface area contributed by atoms with Crippen LogP contribution in [0.4, 0.5) is 11.4 Å². The van der Waals surface area contributed by atoms with E-state index in [-0.39, 0.29) is 5.92 Å². The molecule has 2 bridgehead atoms. The summed E-state index contributed by atoms with van der Waals surface area (Å²) in [5, 5.41) is 0. The molecule has 2 atom stereocenters. The molecular weight excluding hydrogens is 428 g/mol. The van der Waals surface area contributed by atoms with Gasteiger partial charge in [0.2, 0.25) is 0 Å². The van der Waals surface area contributed by atoms with Crippen molar-refractivity contribution in [2.24, 2.45) is 0 Å². The van der Waals surface area contributed by atoms with Crippen molar-refractivity contribution in [1.29, 1.82) is 0 Å². The predicted octanol–water partition coefficient (Wildman–Crippen LogP) is 7.79. The second kappa shape index (κ2) is 8.33. The van der Waals surface area contributed by atoms with Crippen molar-refractivity contribution in [2.75, 3.05) is 16.3 Å². The number of benzene rings is 3. The maximum atomic E-state index is 6.78. The molecule has 0 radical (unpaired) electrons. The largest absolute Gasteiger partial charge is 0.457 e. The van der Waals surface area contributed by atoms with E-state index in [4.69, 9.17) is 4.74 Å². The number of fused-ring (bicyclic) bond motifs is 4. The summed E-state index contributed by atoms with van der Waals surface area (Å²) >= 11 is 0. The SMILES string of the molecule is CCC1CCCN1c1ccc2c(c1)Oc1cc(N3C4CCC3CC4)ccc1C2c1ccccc1C.